The van der Waals surface area contributed by atoms with Crippen molar-refractivity contribution in [1.29, 1.82) is 0 Å². The molecule has 0 amide bonds. The summed E-state index contributed by atoms with van der Waals surface area (Å²) in [6.07, 6.45) is 0. The third-order valence-electron chi connectivity index (χ3n) is 3.61. The Labute approximate surface area is 120 Å². The van der Waals surface area contributed by atoms with E-state index in [0.29, 0.717) is 19.2 Å². The molecule has 2 rings (SSSR count). The first-order chi connectivity index (χ1) is 9.67. The fourth-order valence-electron chi connectivity index (χ4n) is 2.55. The molecule has 4 heteroatoms. The molecule has 0 radical (unpaired) electrons. The van der Waals surface area contributed by atoms with Crippen LogP contribution in [0.15, 0.2) is 34.7 Å². The Morgan fingerprint density at radius 2 is 2.05 bits per heavy atom. The monoisotopic (exact) mass is 276 g/mol. The Balaban J connectivity index is 2.28. The molecule has 0 aliphatic carbocycles. The molecular weight excluding hydrogens is 252 g/mol. The number of hydrogen-bond acceptors (Lipinski definition) is 4. The Morgan fingerprint density at radius 3 is 2.65 bits per heavy atom. The quantitative estimate of drug-likeness (QED) is 0.845. The van der Waals surface area contributed by atoms with Gasteiger partial charge in [-0.25, -0.2) is 0 Å². The van der Waals surface area contributed by atoms with Gasteiger partial charge in [-0.3, -0.25) is 4.90 Å². The van der Waals surface area contributed by atoms with E-state index in [9.17, 15) is 0 Å². The van der Waals surface area contributed by atoms with E-state index in [1.54, 1.807) is 7.11 Å². The van der Waals surface area contributed by atoms with Crippen molar-refractivity contribution < 1.29 is 9.15 Å². The molecule has 0 saturated carbocycles. The van der Waals surface area contributed by atoms with Gasteiger partial charge in [0.1, 0.15) is 11.3 Å². The van der Waals surface area contributed by atoms with Gasteiger partial charge < -0.3 is 14.9 Å². The zero-order valence-corrected chi connectivity index (χ0v) is 12.5. The second-order valence-electron chi connectivity index (χ2n) is 5.26. The van der Waals surface area contributed by atoms with E-state index in [4.69, 9.17) is 14.9 Å². The Kier molecular flexibility index (Phi) is 5.17. The van der Waals surface area contributed by atoms with Crippen LogP contribution in [0.4, 0.5) is 0 Å². The van der Waals surface area contributed by atoms with Crippen molar-refractivity contribution in [1.82, 2.24) is 4.90 Å². The summed E-state index contributed by atoms with van der Waals surface area (Å²) in [7, 11) is 1.72. The van der Waals surface area contributed by atoms with Gasteiger partial charge in [0.05, 0.1) is 12.6 Å². The summed E-state index contributed by atoms with van der Waals surface area (Å²) in [5, 5.41) is 1.12. The minimum Gasteiger partial charge on any atom is -0.459 e. The summed E-state index contributed by atoms with van der Waals surface area (Å²) in [5.74, 6) is 0.929. The summed E-state index contributed by atoms with van der Waals surface area (Å²) in [4.78, 5) is 2.32. The van der Waals surface area contributed by atoms with E-state index >= 15 is 0 Å². The van der Waals surface area contributed by atoms with Gasteiger partial charge in [-0.05, 0) is 26.0 Å². The first-order valence-electron chi connectivity index (χ1n) is 7.10. The molecular formula is C16H24N2O2. The number of nitrogens with two attached hydrogens (primary N) is 1. The summed E-state index contributed by atoms with van der Waals surface area (Å²) in [5.41, 5.74) is 6.91. The van der Waals surface area contributed by atoms with E-state index in [2.05, 4.69) is 30.9 Å². The number of nitrogens with zero attached hydrogens (tertiary/aromatic N) is 1. The van der Waals surface area contributed by atoms with E-state index < -0.39 is 0 Å². The van der Waals surface area contributed by atoms with Crippen molar-refractivity contribution in [2.24, 2.45) is 5.73 Å². The number of hydrogen-bond donors (Lipinski definition) is 1. The summed E-state index contributed by atoms with van der Waals surface area (Å²) >= 11 is 0. The van der Waals surface area contributed by atoms with E-state index in [0.717, 1.165) is 23.3 Å². The molecule has 20 heavy (non-hydrogen) atoms. The zero-order valence-electron chi connectivity index (χ0n) is 12.5. The highest BCUT2D eigenvalue weighted by Gasteiger charge is 2.24. The van der Waals surface area contributed by atoms with Crippen LogP contribution in [-0.4, -0.2) is 37.7 Å². The average Bonchev–Trinajstić information content (AvgIpc) is 2.86. The lowest BCUT2D eigenvalue weighted by Crippen LogP contribution is -2.40. The van der Waals surface area contributed by atoms with Crippen molar-refractivity contribution in [3.05, 3.63) is 36.1 Å². The molecule has 0 bridgehead atoms. The maximum Gasteiger partial charge on any atom is 0.134 e. The maximum absolute atomic E-state index is 5.99. The van der Waals surface area contributed by atoms with Gasteiger partial charge in [0, 0.05) is 31.6 Å². The molecule has 1 aromatic carbocycles. The van der Waals surface area contributed by atoms with Gasteiger partial charge in [0.2, 0.25) is 0 Å². The lowest BCUT2D eigenvalue weighted by atomic mass is 10.1. The van der Waals surface area contributed by atoms with Crippen molar-refractivity contribution in [3.63, 3.8) is 0 Å². The highest BCUT2D eigenvalue weighted by Crippen LogP contribution is 2.28. The summed E-state index contributed by atoms with van der Waals surface area (Å²) in [6.45, 7) is 6.39. The molecule has 1 aromatic heterocycles. The second-order valence-corrected chi connectivity index (χ2v) is 5.26. The Hall–Kier alpha value is -1.36. The van der Waals surface area contributed by atoms with Crippen LogP contribution >= 0.6 is 0 Å². The van der Waals surface area contributed by atoms with Gasteiger partial charge in [-0.2, -0.15) is 0 Å². The largest absolute Gasteiger partial charge is 0.459 e. The van der Waals surface area contributed by atoms with Gasteiger partial charge in [0.15, 0.2) is 0 Å². The van der Waals surface area contributed by atoms with Crippen LogP contribution in [0.25, 0.3) is 11.0 Å². The van der Waals surface area contributed by atoms with Crippen LogP contribution in [0.3, 0.4) is 0 Å². The molecule has 1 heterocycles. The van der Waals surface area contributed by atoms with Crippen LogP contribution in [0.2, 0.25) is 0 Å². The molecule has 0 aliphatic rings. The molecule has 1 atom stereocenters. The fourth-order valence-corrected chi connectivity index (χ4v) is 2.55. The van der Waals surface area contributed by atoms with Gasteiger partial charge >= 0.3 is 0 Å². The maximum atomic E-state index is 5.99. The lowest BCUT2D eigenvalue weighted by molar-refractivity contribution is 0.0898. The number of benzene rings is 1. The number of fused-ring (bicyclic) bond motifs is 1. The van der Waals surface area contributed by atoms with Gasteiger partial charge in [0.25, 0.3) is 0 Å². The first-order valence-corrected chi connectivity index (χ1v) is 7.10. The Morgan fingerprint density at radius 1 is 1.30 bits per heavy atom. The average molecular weight is 276 g/mol. The molecule has 1 unspecified atom stereocenters. The zero-order chi connectivity index (χ0) is 14.5. The van der Waals surface area contributed by atoms with Gasteiger partial charge in [-0.15, -0.1) is 0 Å². The fraction of sp³-hybridized carbons (Fsp3) is 0.500. The summed E-state index contributed by atoms with van der Waals surface area (Å²) < 4.78 is 11.2. The van der Waals surface area contributed by atoms with E-state index in [-0.39, 0.29) is 6.04 Å². The number of rotatable bonds is 7. The first kappa shape index (κ1) is 15.0. The minimum atomic E-state index is 0.0811. The normalized spacial score (nSPS) is 13.5. The molecule has 0 aliphatic heterocycles. The second kappa shape index (κ2) is 6.88. The molecule has 0 fully saturated rings. The van der Waals surface area contributed by atoms with Gasteiger partial charge in [-0.1, -0.05) is 18.2 Å². The third-order valence-corrected chi connectivity index (χ3v) is 3.61. The lowest BCUT2D eigenvalue weighted by Gasteiger charge is -2.32. The van der Waals surface area contributed by atoms with E-state index in [1.165, 1.54) is 0 Å². The van der Waals surface area contributed by atoms with Crippen LogP contribution in [0.5, 0.6) is 0 Å². The standard InChI is InChI=1S/C16H24N2O2/c1-12(2)18(8-9-19-3)14(11-17)16-10-13-6-4-5-7-15(13)20-16/h4-7,10,12,14H,8-9,11,17H2,1-3H3. The SMILES string of the molecule is COCCN(C(C)C)C(CN)c1cc2ccccc2o1. The van der Waals surface area contributed by atoms with Crippen LogP contribution in [-0.2, 0) is 4.74 Å². The summed E-state index contributed by atoms with van der Waals surface area (Å²) in [6, 6.07) is 10.6. The number of para-hydroxylation sites is 1. The molecule has 0 spiro atoms. The molecule has 2 N–H and O–H groups in total. The Bertz CT molecular complexity index is 503. The number of furan rings is 1. The highest BCUT2D eigenvalue weighted by atomic mass is 16.5. The molecule has 2 aromatic rings. The smallest absolute Gasteiger partial charge is 0.134 e. The van der Waals surface area contributed by atoms with Crippen molar-refractivity contribution in [2.75, 3.05) is 26.8 Å². The highest BCUT2D eigenvalue weighted by molar-refractivity contribution is 5.77. The topological polar surface area (TPSA) is 51.6 Å². The van der Waals surface area contributed by atoms with Crippen LogP contribution < -0.4 is 5.73 Å². The number of methoxy groups -OCH3 is 1. The van der Waals surface area contributed by atoms with Crippen molar-refractivity contribution >= 4 is 11.0 Å². The minimum absolute atomic E-state index is 0.0811. The molecule has 0 saturated heterocycles. The molecule has 4 nitrogen and oxygen atoms in total. The predicted octanol–water partition coefficient (Wildman–Crippen LogP) is 2.79. The number of ether oxygens (including phenoxy) is 1. The predicted molar refractivity (Wildman–Crippen MR) is 81.7 cm³/mol. The van der Waals surface area contributed by atoms with E-state index in [1.807, 2.05) is 18.2 Å². The van der Waals surface area contributed by atoms with Crippen LogP contribution in [0.1, 0.15) is 25.6 Å². The molecule has 110 valence electrons. The van der Waals surface area contributed by atoms with Crippen molar-refractivity contribution in [2.45, 2.75) is 25.9 Å². The van der Waals surface area contributed by atoms with Crippen LogP contribution in [0, 0.1) is 0 Å². The third kappa shape index (κ3) is 3.20. The van der Waals surface area contributed by atoms with Crippen molar-refractivity contribution in [3.8, 4) is 0 Å².